The number of carboxylic acid groups (broad SMARTS) is 1. The number of hydrogen-bond donors (Lipinski definition) is 2. The van der Waals surface area contributed by atoms with E-state index in [1.54, 1.807) is 30.3 Å². The molecule has 2 aromatic rings. The summed E-state index contributed by atoms with van der Waals surface area (Å²) in [5.74, 6) is -6.53. The molecule has 0 aliphatic heterocycles. The van der Waals surface area contributed by atoms with Gasteiger partial charge >= 0.3 is 5.97 Å². The summed E-state index contributed by atoms with van der Waals surface area (Å²) in [7, 11) is 0. The number of nitrogens with one attached hydrogen (secondary N) is 1. The van der Waals surface area contributed by atoms with Gasteiger partial charge in [0.2, 0.25) is 0 Å². The van der Waals surface area contributed by atoms with Crippen molar-refractivity contribution < 1.29 is 27.9 Å². The number of hydrogen-bond acceptors (Lipinski definition) is 2. The van der Waals surface area contributed by atoms with E-state index in [0.29, 0.717) is 18.6 Å². The molecule has 0 unspecified atom stereocenters. The molecule has 126 valence electrons. The van der Waals surface area contributed by atoms with E-state index < -0.39 is 40.9 Å². The highest BCUT2D eigenvalue weighted by atomic mass is 19.1. The fourth-order valence-corrected chi connectivity index (χ4v) is 2.20. The Morgan fingerprint density at radius 1 is 1.04 bits per heavy atom. The van der Waals surface area contributed by atoms with Crippen LogP contribution in [0.5, 0.6) is 0 Å². The van der Waals surface area contributed by atoms with Crippen LogP contribution < -0.4 is 5.32 Å². The number of aryl methyl sites for hydroxylation is 1. The summed E-state index contributed by atoms with van der Waals surface area (Å²) in [6.45, 7) is 0. The number of amides is 1. The first-order valence-electron chi connectivity index (χ1n) is 7.10. The molecule has 0 aromatic heterocycles. The summed E-state index contributed by atoms with van der Waals surface area (Å²) in [6.07, 6.45) is 0.391. The van der Waals surface area contributed by atoms with Crippen LogP contribution in [0.2, 0.25) is 0 Å². The van der Waals surface area contributed by atoms with Gasteiger partial charge in [0, 0.05) is 12.1 Å². The maximum absolute atomic E-state index is 13.6. The summed E-state index contributed by atoms with van der Waals surface area (Å²) in [5, 5.41) is 11.2. The van der Waals surface area contributed by atoms with E-state index in [-0.39, 0.29) is 6.42 Å². The first-order valence-corrected chi connectivity index (χ1v) is 7.10. The predicted octanol–water partition coefficient (Wildman–Crippen LogP) is 2.92. The van der Waals surface area contributed by atoms with Crippen LogP contribution in [0.25, 0.3) is 0 Å². The van der Waals surface area contributed by atoms with E-state index in [2.05, 4.69) is 5.32 Å². The first-order chi connectivity index (χ1) is 11.4. The summed E-state index contributed by atoms with van der Waals surface area (Å²) >= 11 is 0. The molecule has 2 rings (SSSR count). The number of benzene rings is 2. The van der Waals surface area contributed by atoms with Crippen molar-refractivity contribution in [2.24, 2.45) is 0 Å². The van der Waals surface area contributed by atoms with Crippen molar-refractivity contribution in [3.05, 3.63) is 71.0 Å². The van der Waals surface area contributed by atoms with Gasteiger partial charge in [0.1, 0.15) is 29.1 Å². The minimum atomic E-state index is -1.39. The molecule has 1 amide bonds. The Morgan fingerprint density at radius 2 is 1.62 bits per heavy atom. The van der Waals surface area contributed by atoms with Crippen molar-refractivity contribution in [3.8, 4) is 0 Å². The van der Waals surface area contributed by atoms with Crippen LogP contribution in [0.1, 0.15) is 22.3 Å². The zero-order valence-electron chi connectivity index (χ0n) is 12.4. The zero-order chi connectivity index (χ0) is 17.7. The number of carbonyl (C=O) groups is 2. The standard InChI is InChI=1S/C17H14F3NO3/c18-11-8-12(19)15(13(20)9-11)16(22)21-14(17(23)24)7-6-10-4-2-1-3-5-10/h1-5,8-9,14H,6-7H2,(H,21,22)(H,23,24)/t14-/m0/s1. The van der Waals surface area contributed by atoms with Crippen LogP contribution in [0.4, 0.5) is 13.2 Å². The van der Waals surface area contributed by atoms with Gasteiger partial charge in [-0.05, 0) is 18.4 Å². The Balaban J connectivity index is 2.10. The molecule has 2 aromatic carbocycles. The van der Waals surface area contributed by atoms with E-state index in [0.717, 1.165) is 5.56 Å². The molecule has 0 saturated carbocycles. The van der Waals surface area contributed by atoms with Crippen molar-refractivity contribution in [2.45, 2.75) is 18.9 Å². The number of rotatable bonds is 6. The average molecular weight is 337 g/mol. The number of carbonyl (C=O) groups excluding carboxylic acids is 1. The lowest BCUT2D eigenvalue weighted by Gasteiger charge is -2.15. The Labute approximate surface area is 135 Å². The molecule has 1 atom stereocenters. The number of aliphatic carboxylic acids is 1. The van der Waals surface area contributed by atoms with Crippen molar-refractivity contribution in [2.75, 3.05) is 0 Å². The molecule has 0 aliphatic rings. The molecule has 4 nitrogen and oxygen atoms in total. The third-order valence-electron chi connectivity index (χ3n) is 3.40. The largest absolute Gasteiger partial charge is 0.480 e. The molecule has 7 heteroatoms. The predicted molar refractivity (Wildman–Crippen MR) is 80.0 cm³/mol. The van der Waals surface area contributed by atoms with Gasteiger partial charge in [-0.1, -0.05) is 30.3 Å². The maximum Gasteiger partial charge on any atom is 0.326 e. The second-order valence-corrected chi connectivity index (χ2v) is 5.13. The Kier molecular flexibility index (Phi) is 5.57. The molecule has 0 saturated heterocycles. The topological polar surface area (TPSA) is 66.4 Å². The molecule has 0 bridgehead atoms. The smallest absolute Gasteiger partial charge is 0.326 e. The number of halogens is 3. The lowest BCUT2D eigenvalue weighted by molar-refractivity contribution is -0.139. The van der Waals surface area contributed by atoms with Gasteiger partial charge in [-0.2, -0.15) is 0 Å². The van der Waals surface area contributed by atoms with E-state index in [9.17, 15) is 22.8 Å². The Morgan fingerprint density at radius 3 is 2.17 bits per heavy atom. The maximum atomic E-state index is 13.6. The molecule has 24 heavy (non-hydrogen) atoms. The van der Waals surface area contributed by atoms with Crippen LogP contribution in [0, 0.1) is 17.5 Å². The van der Waals surface area contributed by atoms with Crippen LogP contribution in [0.3, 0.4) is 0 Å². The van der Waals surface area contributed by atoms with Gasteiger partial charge in [0.05, 0.1) is 0 Å². The Hall–Kier alpha value is -2.83. The van der Waals surface area contributed by atoms with Gasteiger partial charge < -0.3 is 10.4 Å². The molecule has 2 N–H and O–H groups in total. The van der Waals surface area contributed by atoms with E-state index in [1.807, 2.05) is 0 Å². The van der Waals surface area contributed by atoms with Crippen LogP contribution in [0.15, 0.2) is 42.5 Å². The van der Waals surface area contributed by atoms with Crippen LogP contribution in [-0.4, -0.2) is 23.0 Å². The molecule has 0 fully saturated rings. The molecule has 0 heterocycles. The molecule has 0 aliphatic carbocycles. The van der Waals surface area contributed by atoms with Gasteiger partial charge in [0.25, 0.3) is 5.91 Å². The molecular formula is C17H14F3NO3. The van der Waals surface area contributed by atoms with Crippen LogP contribution >= 0.6 is 0 Å². The van der Waals surface area contributed by atoms with Crippen molar-refractivity contribution in [3.63, 3.8) is 0 Å². The third kappa shape index (κ3) is 4.34. The molecular weight excluding hydrogens is 323 g/mol. The SMILES string of the molecule is O=C(N[C@@H](CCc1ccccc1)C(=O)O)c1c(F)cc(F)cc1F. The van der Waals surface area contributed by atoms with E-state index >= 15 is 0 Å². The minimum absolute atomic E-state index is 0.0372. The van der Waals surface area contributed by atoms with E-state index in [1.165, 1.54) is 0 Å². The zero-order valence-corrected chi connectivity index (χ0v) is 12.4. The van der Waals surface area contributed by atoms with Crippen molar-refractivity contribution >= 4 is 11.9 Å². The minimum Gasteiger partial charge on any atom is -0.480 e. The van der Waals surface area contributed by atoms with Gasteiger partial charge in [-0.15, -0.1) is 0 Å². The molecule has 0 spiro atoms. The fourth-order valence-electron chi connectivity index (χ4n) is 2.20. The van der Waals surface area contributed by atoms with E-state index in [4.69, 9.17) is 5.11 Å². The summed E-state index contributed by atoms with van der Waals surface area (Å²) in [5.41, 5.74) is -0.153. The van der Waals surface area contributed by atoms with Crippen molar-refractivity contribution in [1.82, 2.24) is 5.32 Å². The van der Waals surface area contributed by atoms with Gasteiger partial charge in [0.15, 0.2) is 0 Å². The quantitative estimate of drug-likeness (QED) is 0.852. The van der Waals surface area contributed by atoms with Crippen molar-refractivity contribution in [1.29, 1.82) is 0 Å². The summed E-state index contributed by atoms with van der Waals surface area (Å²) < 4.78 is 40.0. The first kappa shape index (κ1) is 17.5. The summed E-state index contributed by atoms with van der Waals surface area (Å²) in [4.78, 5) is 23.2. The highest BCUT2D eigenvalue weighted by Crippen LogP contribution is 2.15. The highest BCUT2D eigenvalue weighted by Gasteiger charge is 2.25. The Bertz CT molecular complexity index is 727. The third-order valence-corrected chi connectivity index (χ3v) is 3.40. The summed E-state index contributed by atoms with van der Waals surface area (Å²) in [6, 6.07) is 8.34. The lowest BCUT2D eigenvalue weighted by Crippen LogP contribution is -2.41. The second-order valence-electron chi connectivity index (χ2n) is 5.13. The lowest BCUT2D eigenvalue weighted by atomic mass is 10.0. The highest BCUT2D eigenvalue weighted by molar-refractivity contribution is 5.97. The molecule has 0 radical (unpaired) electrons. The number of carboxylic acids is 1. The van der Waals surface area contributed by atoms with Crippen LogP contribution in [-0.2, 0) is 11.2 Å². The van der Waals surface area contributed by atoms with Gasteiger partial charge in [-0.3, -0.25) is 4.79 Å². The monoisotopic (exact) mass is 337 g/mol. The normalized spacial score (nSPS) is 11.8. The average Bonchev–Trinajstić information content (AvgIpc) is 2.51. The fraction of sp³-hybridized carbons (Fsp3) is 0.176. The van der Waals surface area contributed by atoms with Gasteiger partial charge in [-0.25, -0.2) is 18.0 Å². The second kappa shape index (κ2) is 7.63.